The maximum absolute atomic E-state index is 10.3. The fourth-order valence-corrected chi connectivity index (χ4v) is 0.952. The minimum atomic E-state index is -0.693. The van der Waals surface area contributed by atoms with Crippen molar-refractivity contribution in [3.8, 4) is 0 Å². The zero-order chi connectivity index (χ0) is 12.1. The van der Waals surface area contributed by atoms with E-state index in [2.05, 4.69) is 6.92 Å². The summed E-state index contributed by atoms with van der Waals surface area (Å²) in [6.07, 6.45) is 6.32. The number of carboxylic acids is 1. The molecule has 0 aliphatic carbocycles. The van der Waals surface area contributed by atoms with E-state index in [1.165, 1.54) is 12.8 Å². The Morgan fingerprint density at radius 1 is 0.933 bits per heavy atom. The van der Waals surface area contributed by atoms with Gasteiger partial charge in [-0.1, -0.05) is 33.1 Å². The van der Waals surface area contributed by atoms with Crippen LogP contribution >= 0.6 is 0 Å². The van der Waals surface area contributed by atoms with Crippen molar-refractivity contribution < 1.29 is 14.7 Å². The Hall–Kier alpha value is -0.860. The predicted molar refractivity (Wildman–Crippen MR) is 62.0 cm³/mol. The SMILES string of the molecule is CCCCC(=O)O.CCCCCC(C)=O. The van der Waals surface area contributed by atoms with E-state index in [1.807, 2.05) is 6.92 Å². The molecule has 0 saturated heterocycles. The van der Waals surface area contributed by atoms with Crippen LogP contribution in [0.3, 0.4) is 0 Å². The second-order valence-electron chi connectivity index (χ2n) is 3.66. The van der Waals surface area contributed by atoms with Crippen LogP contribution in [0.4, 0.5) is 0 Å². The van der Waals surface area contributed by atoms with E-state index in [1.54, 1.807) is 6.92 Å². The number of carboxylic acid groups (broad SMARTS) is 1. The molecule has 0 bridgehead atoms. The van der Waals surface area contributed by atoms with Crippen LogP contribution in [0, 0.1) is 0 Å². The average molecular weight is 216 g/mol. The van der Waals surface area contributed by atoms with Gasteiger partial charge in [0, 0.05) is 12.8 Å². The maximum atomic E-state index is 10.3. The molecule has 0 aromatic heterocycles. The van der Waals surface area contributed by atoms with E-state index in [0.717, 1.165) is 25.7 Å². The largest absolute Gasteiger partial charge is 0.481 e. The second-order valence-corrected chi connectivity index (χ2v) is 3.66. The Balaban J connectivity index is 0. The second kappa shape index (κ2) is 13.1. The monoisotopic (exact) mass is 216 g/mol. The van der Waals surface area contributed by atoms with Gasteiger partial charge in [-0.2, -0.15) is 0 Å². The lowest BCUT2D eigenvalue weighted by atomic mass is 10.2. The van der Waals surface area contributed by atoms with Crippen LogP contribution in [0.15, 0.2) is 0 Å². The Bertz CT molecular complexity index is 164. The summed E-state index contributed by atoms with van der Waals surface area (Å²) < 4.78 is 0. The summed E-state index contributed by atoms with van der Waals surface area (Å²) in [6, 6.07) is 0. The molecule has 0 heterocycles. The van der Waals surface area contributed by atoms with Crippen LogP contribution in [-0.4, -0.2) is 16.9 Å². The van der Waals surface area contributed by atoms with Crippen molar-refractivity contribution >= 4 is 11.8 Å². The van der Waals surface area contributed by atoms with Gasteiger partial charge in [0.15, 0.2) is 0 Å². The van der Waals surface area contributed by atoms with Crippen molar-refractivity contribution in [2.24, 2.45) is 0 Å². The number of ketones is 1. The summed E-state index contributed by atoms with van der Waals surface area (Å²) >= 11 is 0. The molecular formula is C12H24O3. The minimum absolute atomic E-state index is 0.316. The molecule has 90 valence electrons. The minimum Gasteiger partial charge on any atom is -0.481 e. The molecule has 0 aliphatic rings. The number of carbonyl (C=O) groups excluding carboxylic acids is 1. The fourth-order valence-electron chi connectivity index (χ4n) is 0.952. The third-order valence-corrected chi connectivity index (χ3v) is 1.88. The van der Waals surface area contributed by atoms with Crippen LogP contribution < -0.4 is 0 Å². The topological polar surface area (TPSA) is 54.4 Å². The summed E-state index contributed by atoms with van der Waals surface area (Å²) in [5, 5.41) is 8.04. The van der Waals surface area contributed by atoms with Gasteiger partial charge in [0.1, 0.15) is 5.78 Å². The van der Waals surface area contributed by atoms with Crippen LogP contribution in [0.5, 0.6) is 0 Å². The first kappa shape index (κ1) is 16.6. The average Bonchev–Trinajstić information content (AvgIpc) is 2.15. The summed E-state index contributed by atoms with van der Waals surface area (Å²) in [4.78, 5) is 20.1. The molecule has 0 aliphatic heterocycles. The van der Waals surface area contributed by atoms with Gasteiger partial charge in [0.05, 0.1) is 0 Å². The van der Waals surface area contributed by atoms with Gasteiger partial charge in [0.2, 0.25) is 0 Å². The van der Waals surface area contributed by atoms with Gasteiger partial charge in [-0.05, 0) is 19.8 Å². The summed E-state index contributed by atoms with van der Waals surface area (Å²) in [5.41, 5.74) is 0. The first-order valence-corrected chi connectivity index (χ1v) is 5.75. The third-order valence-electron chi connectivity index (χ3n) is 1.88. The van der Waals surface area contributed by atoms with E-state index < -0.39 is 5.97 Å². The van der Waals surface area contributed by atoms with E-state index in [4.69, 9.17) is 5.11 Å². The maximum Gasteiger partial charge on any atom is 0.303 e. The number of aliphatic carboxylic acids is 1. The molecule has 3 nitrogen and oxygen atoms in total. The molecule has 0 spiro atoms. The van der Waals surface area contributed by atoms with Crippen LogP contribution in [0.2, 0.25) is 0 Å². The lowest BCUT2D eigenvalue weighted by Crippen LogP contribution is -1.91. The molecule has 0 rings (SSSR count). The molecule has 1 N–H and O–H groups in total. The number of hydrogen-bond donors (Lipinski definition) is 1. The zero-order valence-electron chi connectivity index (χ0n) is 10.2. The lowest BCUT2D eigenvalue weighted by molar-refractivity contribution is -0.137. The van der Waals surface area contributed by atoms with Gasteiger partial charge in [-0.15, -0.1) is 0 Å². The van der Waals surface area contributed by atoms with Gasteiger partial charge < -0.3 is 9.90 Å². The number of Topliss-reactive ketones (excluding diaryl/α,β-unsaturated/α-hetero) is 1. The standard InChI is InChI=1S/C7H14O.C5H10O2/c1-3-4-5-6-7(2)8;1-2-3-4-5(6)7/h3-6H2,1-2H3;2-4H2,1H3,(H,6,7). The van der Waals surface area contributed by atoms with Crippen LogP contribution in [0.1, 0.15) is 65.7 Å². The molecule has 3 heteroatoms. The molecule has 0 unspecified atom stereocenters. The molecule has 15 heavy (non-hydrogen) atoms. The third kappa shape index (κ3) is 24.6. The van der Waals surface area contributed by atoms with Gasteiger partial charge in [-0.3, -0.25) is 4.79 Å². The highest BCUT2D eigenvalue weighted by Gasteiger charge is 1.91. The molecule has 0 amide bonds. The van der Waals surface area contributed by atoms with Crippen molar-refractivity contribution in [3.05, 3.63) is 0 Å². The van der Waals surface area contributed by atoms with Gasteiger partial charge in [-0.25, -0.2) is 0 Å². The Labute approximate surface area is 92.9 Å². The van der Waals surface area contributed by atoms with Crippen LogP contribution in [-0.2, 0) is 9.59 Å². The van der Waals surface area contributed by atoms with Crippen LogP contribution in [0.25, 0.3) is 0 Å². The fraction of sp³-hybridized carbons (Fsp3) is 0.833. The van der Waals surface area contributed by atoms with Crippen molar-refractivity contribution in [1.29, 1.82) is 0 Å². The normalized spacial score (nSPS) is 9.00. The van der Waals surface area contributed by atoms with E-state index in [9.17, 15) is 9.59 Å². The van der Waals surface area contributed by atoms with Crippen molar-refractivity contribution in [2.45, 2.75) is 65.7 Å². The number of rotatable bonds is 7. The molecule has 0 aromatic carbocycles. The van der Waals surface area contributed by atoms with E-state index in [-0.39, 0.29) is 0 Å². The predicted octanol–water partition coefficient (Wildman–Crippen LogP) is 3.42. The van der Waals surface area contributed by atoms with Crippen molar-refractivity contribution in [3.63, 3.8) is 0 Å². The van der Waals surface area contributed by atoms with Crippen molar-refractivity contribution in [1.82, 2.24) is 0 Å². The Morgan fingerprint density at radius 3 is 1.73 bits per heavy atom. The van der Waals surface area contributed by atoms with Gasteiger partial charge in [0.25, 0.3) is 0 Å². The Kier molecular flexibility index (Phi) is 14.5. The summed E-state index contributed by atoms with van der Waals surface area (Å²) in [6.45, 7) is 5.76. The van der Waals surface area contributed by atoms with E-state index in [0.29, 0.717) is 12.2 Å². The number of carbonyl (C=O) groups is 2. The lowest BCUT2D eigenvalue weighted by Gasteiger charge is -1.90. The zero-order valence-corrected chi connectivity index (χ0v) is 10.2. The first-order chi connectivity index (χ1) is 7.04. The molecule has 0 saturated carbocycles. The highest BCUT2D eigenvalue weighted by Crippen LogP contribution is 1.98. The summed E-state index contributed by atoms with van der Waals surface area (Å²) in [7, 11) is 0. The molecule has 0 fully saturated rings. The quantitative estimate of drug-likeness (QED) is 0.663. The highest BCUT2D eigenvalue weighted by molar-refractivity contribution is 5.75. The Morgan fingerprint density at radius 2 is 1.47 bits per heavy atom. The molecule has 0 aromatic rings. The van der Waals surface area contributed by atoms with Gasteiger partial charge >= 0.3 is 5.97 Å². The van der Waals surface area contributed by atoms with Crippen molar-refractivity contribution in [2.75, 3.05) is 0 Å². The molecule has 0 atom stereocenters. The smallest absolute Gasteiger partial charge is 0.303 e. The summed E-state index contributed by atoms with van der Waals surface area (Å²) in [5.74, 6) is -0.375. The molecular weight excluding hydrogens is 192 g/mol. The number of unbranched alkanes of at least 4 members (excludes halogenated alkanes) is 3. The molecule has 0 radical (unpaired) electrons. The number of hydrogen-bond acceptors (Lipinski definition) is 2. The van der Waals surface area contributed by atoms with E-state index >= 15 is 0 Å². The first-order valence-electron chi connectivity index (χ1n) is 5.75. The highest BCUT2D eigenvalue weighted by atomic mass is 16.4.